The molecule has 6 nitrogen and oxygen atoms in total. The van der Waals surface area contributed by atoms with E-state index < -0.39 is 18.1 Å². The van der Waals surface area contributed by atoms with Gasteiger partial charge >= 0.3 is 12.0 Å². The molecule has 108 valence electrons. The highest BCUT2D eigenvalue weighted by atomic mass is 16.4. The Bertz CT molecular complexity index is 361. The van der Waals surface area contributed by atoms with Crippen LogP contribution in [-0.2, 0) is 4.79 Å². The van der Waals surface area contributed by atoms with Gasteiger partial charge in [-0.1, -0.05) is 19.8 Å². The highest BCUT2D eigenvalue weighted by Gasteiger charge is 2.39. The second kappa shape index (κ2) is 5.77. The van der Waals surface area contributed by atoms with Crippen molar-refractivity contribution in [3.8, 4) is 0 Å². The Morgan fingerprint density at radius 3 is 2.58 bits per heavy atom. The number of aliphatic hydroxyl groups is 1. The number of amides is 2. The van der Waals surface area contributed by atoms with E-state index in [-0.39, 0.29) is 25.0 Å². The van der Waals surface area contributed by atoms with E-state index in [1.807, 2.05) is 0 Å². The summed E-state index contributed by atoms with van der Waals surface area (Å²) >= 11 is 0. The molecule has 0 aromatic rings. The summed E-state index contributed by atoms with van der Waals surface area (Å²) in [4.78, 5) is 24.5. The Hall–Kier alpha value is -1.30. The Kier molecular flexibility index (Phi) is 4.29. The average molecular weight is 270 g/mol. The molecule has 1 heterocycles. The van der Waals surface area contributed by atoms with Crippen LogP contribution in [0.5, 0.6) is 0 Å². The molecule has 2 aliphatic rings. The van der Waals surface area contributed by atoms with Gasteiger partial charge in [-0.25, -0.2) is 9.59 Å². The summed E-state index contributed by atoms with van der Waals surface area (Å²) in [5.41, 5.74) is 0. The number of carbonyl (C=O) groups excluding carboxylic acids is 1. The number of likely N-dealkylation sites (tertiary alicyclic amines) is 1. The molecule has 2 fully saturated rings. The van der Waals surface area contributed by atoms with Crippen LogP contribution in [-0.4, -0.2) is 51.8 Å². The molecule has 1 aliphatic heterocycles. The van der Waals surface area contributed by atoms with Crippen molar-refractivity contribution in [2.24, 2.45) is 5.92 Å². The van der Waals surface area contributed by atoms with E-state index in [2.05, 4.69) is 12.2 Å². The van der Waals surface area contributed by atoms with Gasteiger partial charge in [0, 0.05) is 19.0 Å². The number of hydrogen-bond acceptors (Lipinski definition) is 3. The highest BCUT2D eigenvalue weighted by Crippen LogP contribution is 2.25. The molecule has 2 amide bonds. The van der Waals surface area contributed by atoms with E-state index >= 15 is 0 Å². The summed E-state index contributed by atoms with van der Waals surface area (Å²) in [6.07, 6.45) is 3.70. The van der Waals surface area contributed by atoms with Crippen molar-refractivity contribution in [1.82, 2.24) is 10.2 Å². The molecule has 0 aromatic carbocycles. The van der Waals surface area contributed by atoms with Crippen molar-refractivity contribution < 1.29 is 19.8 Å². The normalized spacial score (nSPS) is 35.2. The van der Waals surface area contributed by atoms with Crippen LogP contribution in [0.15, 0.2) is 0 Å². The van der Waals surface area contributed by atoms with Gasteiger partial charge in [-0.2, -0.15) is 0 Å². The molecule has 0 bridgehead atoms. The lowest BCUT2D eigenvalue weighted by atomic mass is 9.86. The molecular weight excluding hydrogens is 248 g/mol. The van der Waals surface area contributed by atoms with Crippen molar-refractivity contribution in [2.45, 2.75) is 57.2 Å². The number of urea groups is 1. The number of nitrogens with one attached hydrogen (secondary N) is 1. The lowest BCUT2D eigenvalue weighted by molar-refractivity contribution is -0.141. The Morgan fingerprint density at radius 2 is 1.95 bits per heavy atom. The Labute approximate surface area is 112 Å². The smallest absolute Gasteiger partial charge is 0.326 e. The number of aliphatic carboxylic acids is 1. The van der Waals surface area contributed by atoms with Gasteiger partial charge in [0.15, 0.2) is 0 Å². The second-order valence-electron chi connectivity index (χ2n) is 5.71. The fourth-order valence-electron chi connectivity index (χ4n) is 3.04. The molecular formula is C13H22N2O4. The maximum atomic E-state index is 12.2. The number of carbonyl (C=O) groups is 2. The summed E-state index contributed by atoms with van der Waals surface area (Å²) in [5, 5.41) is 21.5. The van der Waals surface area contributed by atoms with Gasteiger partial charge in [0.05, 0.1) is 6.10 Å². The maximum Gasteiger partial charge on any atom is 0.326 e. The van der Waals surface area contributed by atoms with E-state index in [0.29, 0.717) is 5.92 Å². The summed E-state index contributed by atoms with van der Waals surface area (Å²) < 4.78 is 0. The SMILES string of the molecule is CC1CCCCC1NC(=O)N1C[C@H](O)C[C@H]1C(=O)O. The van der Waals surface area contributed by atoms with Gasteiger partial charge in [0.25, 0.3) is 0 Å². The van der Waals surface area contributed by atoms with Crippen LogP contribution < -0.4 is 5.32 Å². The molecule has 1 saturated carbocycles. The number of nitrogens with zero attached hydrogens (tertiary/aromatic N) is 1. The lowest BCUT2D eigenvalue weighted by Gasteiger charge is -2.32. The third-order valence-corrected chi connectivity index (χ3v) is 4.25. The number of carboxylic acids is 1. The summed E-state index contributed by atoms with van der Waals surface area (Å²) in [6, 6.07) is -1.15. The fraction of sp³-hybridized carbons (Fsp3) is 0.846. The zero-order chi connectivity index (χ0) is 14.0. The molecule has 1 saturated heterocycles. The van der Waals surface area contributed by atoms with E-state index in [0.717, 1.165) is 19.3 Å². The number of aliphatic hydroxyl groups excluding tert-OH is 1. The third-order valence-electron chi connectivity index (χ3n) is 4.25. The van der Waals surface area contributed by atoms with E-state index in [1.54, 1.807) is 0 Å². The van der Waals surface area contributed by atoms with Crippen LogP contribution >= 0.6 is 0 Å². The quantitative estimate of drug-likeness (QED) is 0.692. The molecule has 19 heavy (non-hydrogen) atoms. The van der Waals surface area contributed by atoms with Crippen molar-refractivity contribution >= 4 is 12.0 Å². The first-order chi connectivity index (χ1) is 8.99. The first kappa shape index (κ1) is 14.1. The van der Waals surface area contributed by atoms with Crippen LogP contribution in [0.25, 0.3) is 0 Å². The van der Waals surface area contributed by atoms with Crippen LogP contribution in [0.1, 0.15) is 39.0 Å². The van der Waals surface area contributed by atoms with Gasteiger partial charge in [0.2, 0.25) is 0 Å². The topological polar surface area (TPSA) is 89.9 Å². The van der Waals surface area contributed by atoms with Crippen LogP contribution in [0.2, 0.25) is 0 Å². The monoisotopic (exact) mass is 270 g/mol. The molecule has 0 spiro atoms. The number of carboxylic acid groups (broad SMARTS) is 1. The standard InChI is InChI=1S/C13H22N2O4/c1-8-4-2-3-5-10(8)14-13(19)15-7-9(16)6-11(15)12(17)18/h8-11,16H,2-7H2,1H3,(H,14,19)(H,17,18)/t8?,9-,10?,11+/m1/s1. The zero-order valence-corrected chi connectivity index (χ0v) is 11.2. The summed E-state index contributed by atoms with van der Waals surface area (Å²) in [5.74, 6) is -0.628. The maximum absolute atomic E-state index is 12.2. The average Bonchev–Trinajstić information content (AvgIpc) is 2.74. The Balaban J connectivity index is 1.96. The number of β-amino-alcohol motifs (C(OH)–C–C–N with tert-alkyl or cyclic N) is 1. The Morgan fingerprint density at radius 1 is 1.26 bits per heavy atom. The van der Waals surface area contributed by atoms with Crippen molar-refractivity contribution in [1.29, 1.82) is 0 Å². The van der Waals surface area contributed by atoms with Crippen LogP contribution in [0.4, 0.5) is 4.79 Å². The molecule has 6 heteroatoms. The number of rotatable bonds is 2. The van der Waals surface area contributed by atoms with E-state index in [9.17, 15) is 14.7 Å². The van der Waals surface area contributed by atoms with Gasteiger partial charge in [-0.3, -0.25) is 0 Å². The summed E-state index contributed by atoms with van der Waals surface area (Å²) in [6.45, 7) is 2.21. The molecule has 2 rings (SSSR count). The van der Waals surface area contributed by atoms with Gasteiger partial charge < -0.3 is 20.4 Å². The predicted molar refractivity (Wildman–Crippen MR) is 68.7 cm³/mol. The molecule has 0 aromatic heterocycles. The molecule has 3 N–H and O–H groups in total. The molecule has 2 unspecified atom stereocenters. The largest absolute Gasteiger partial charge is 0.480 e. The first-order valence-electron chi connectivity index (χ1n) is 6.97. The van der Waals surface area contributed by atoms with Crippen LogP contribution in [0, 0.1) is 5.92 Å². The van der Waals surface area contributed by atoms with Crippen LogP contribution in [0.3, 0.4) is 0 Å². The summed E-state index contributed by atoms with van der Waals surface area (Å²) in [7, 11) is 0. The third kappa shape index (κ3) is 3.18. The second-order valence-corrected chi connectivity index (χ2v) is 5.71. The van der Waals surface area contributed by atoms with Gasteiger partial charge in [-0.15, -0.1) is 0 Å². The predicted octanol–water partition coefficient (Wildman–Crippen LogP) is 0.794. The van der Waals surface area contributed by atoms with Crippen molar-refractivity contribution in [3.63, 3.8) is 0 Å². The van der Waals surface area contributed by atoms with Gasteiger partial charge in [0.1, 0.15) is 6.04 Å². The minimum absolute atomic E-state index is 0.101. The van der Waals surface area contributed by atoms with E-state index in [4.69, 9.17) is 5.11 Å². The molecule has 1 aliphatic carbocycles. The molecule has 0 radical (unpaired) electrons. The van der Waals surface area contributed by atoms with Crippen molar-refractivity contribution in [2.75, 3.05) is 6.54 Å². The molecule has 4 atom stereocenters. The minimum atomic E-state index is -1.05. The number of hydrogen-bond donors (Lipinski definition) is 3. The fourth-order valence-corrected chi connectivity index (χ4v) is 3.04. The lowest BCUT2D eigenvalue weighted by Crippen LogP contribution is -2.51. The first-order valence-corrected chi connectivity index (χ1v) is 6.97. The van der Waals surface area contributed by atoms with Gasteiger partial charge in [-0.05, 0) is 18.8 Å². The zero-order valence-electron chi connectivity index (χ0n) is 11.2. The van der Waals surface area contributed by atoms with E-state index in [1.165, 1.54) is 11.3 Å². The highest BCUT2D eigenvalue weighted by molar-refractivity contribution is 5.83. The minimum Gasteiger partial charge on any atom is -0.480 e. The van der Waals surface area contributed by atoms with Crippen molar-refractivity contribution in [3.05, 3.63) is 0 Å².